The van der Waals surface area contributed by atoms with Crippen LogP contribution in [0.5, 0.6) is 0 Å². The number of halogens is 1. The Morgan fingerprint density at radius 3 is 2.43 bits per heavy atom. The third-order valence-electron chi connectivity index (χ3n) is 3.65. The number of amides is 1. The Morgan fingerprint density at radius 2 is 1.79 bits per heavy atom. The molecule has 0 saturated heterocycles. The number of carbonyl (C=O) groups excluding carboxylic acids is 2. The number of esters is 1. The van der Waals surface area contributed by atoms with Crippen LogP contribution in [-0.2, 0) is 4.74 Å². The van der Waals surface area contributed by atoms with Gasteiger partial charge >= 0.3 is 5.97 Å². The van der Waals surface area contributed by atoms with E-state index in [-0.39, 0.29) is 11.7 Å². The fourth-order valence-electron chi connectivity index (χ4n) is 2.33. The molecule has 2 aromatic carbocycles. The highest BCUT2D eigenvalue weighted by molar-refractivity contribution is 6.02. The summed E-state index contributed by atoms with van der Waals surface area (Å²) in [6.07, 6.45) is 0. The molecule has 0 saturated carbocycles. The van der Waals surface area contributed by atoms with E-state index >= 15 is 0 Å². The highest BCUT2D eigenvalue weighted by Crippen LogP contribution is 2.16. The van der Waals surface area contributed by atoms with Crippen LogP contribution in [0, 0.1) is 5.82 Å². The third kappa shape index (κ3) is 4.88. The summed E-state index contributed by atoms with van der Waals surface area (Å²) in [6.45, 7) is 2.06. The molecule has 2 N–H and O–H groups in total. The molecule has 0 bridgehead atoms. The van der Waals surface area contributed by atoms with E-state index in [0.29, 0.717) is 29.4 Å². The van der Waals surface area contributed by atoms with Crippen LogP contribution in [0.1, 0.15) is 27.8 Å². The summed E-state index contributed by atoms with van der Waals surface area (Å²) in [5.41, 5.74) is 1.56. The van der Waals surface area contributed by atoms with Crippen molar-refractivity contribution in [1.82, 2.24) is 10.2 Å². The van der Waals surface area contributed by atoms with Gasteiger partial charge in [0.15, 0.2) is 11.5 Å². The molecule has 8 heteroatoms. The van der Waals surface area contributed by atoms with Gasteiger partial charge in [-0.05, 0) is 61.5 Å². The largest absolute Gasteiger partial charge is 0.462 e. The van der Waals surface area contributed by atoms with Gasteiger partial charge in [0.25, 0.3) is 5.91 Å². The Labute approximate surface area is 160 Å². The van der Waals surface area contributed by atoms with E-state index in [9.17, 15) is 14.0 Å². The summed E-state index contributed by atoms with van der Waals surface area (Å²) in [7, 11) is 0. The van der Waals surface area contributed by atoms with E-state index < -0.39 is 11.7 Å². The number of carbonyl (C=O) groups is 2. The maximum Gasteiger partial charge on any atom is 0.338 e. The number of benzene rings is 2. The van der Waals surface area contributed by atoms with Gasteiger partial charge in [0.05, 0.1) is 12.2 Å². The van der Waals surface area contributed by atoms with E-state index in [1.54, 1.807) is 43.3 Å². The summed E-state index contributed by atoms with van der Waals surface area (Å²) in [6, 6.07) is 15.3. The van der Waals surface area contributed by atoms with Crippen LogP contribution in [0.2, 0.25) is 0 Å². The SMILES string of the molecule is CCOC(=O)c1ccc(Nc2ccc(C(=O)Nc3cccc(F)c3)nn2)cc1. The van der Waals surface area contributed by atoms with Crippen molar-refractivity contribution >= 4 is 29.1 Å². The fourth-order valence-corrected chi connectivity index (χ4v) is 2.33. The average molecular weight is 380 g/mol. The summed E-state index contributed by atoms with van der Waals surface area (Å²) in [5, 5.41) is 13.4. The molecule has 1 amide bonds. The predicted octanol–water partition coefficient (Wildman–Crippen LogP) is 3.79. The van der Waals surface area contributed by atoms with Crippen LogP contribution < -0.4 is 10.6 Å². The molecule has 0 atom stereocenters. The molecule has 28 heavy (non-hydrogen) atoms. The van der Waals surface area contributed by atoms with Gasteiger partial charge < -0.3 is 15.4 Å². The Hall–Kier alpha value is -3.81. The molecule has 3 aromatic rings. The van der Waals surface area contributed by atoms with Gasteiger partial charge in [-0.15, -0.1) is 10.2 Å². The van der Waals surface area contributed by atoms with E-state index in [1.165, 1.54) is 24.3 Å². The highest BCUT2D eigenvalue weighted by Gasteiger charge is 2.10. The number of rotatable bonds is 6. The lowest BCUT2D eigenvalue weighted by Crippen LogP contribution is -2.14. The Morgan fingerprint density at radius 1 is 1.00 bits per heavy atom. The van der Waals surface area contributed by atoms with Gasteiger partial charge in [-0.2, -0.15) is 0 Å². The van der Waals surface area contributed by atoms with Crippen LogP contribution in [0.15, 0.2) is 60.7 Å². The molecule has 7 nitrogen and oxygen atoms in total. The van der Waals surface area contributed by atoms with Crippen LogP contribution >= 0.6 is 0 Å². The Kier molecular flexibility index (Phi) is 5.91. The molecule has 1 heterocycles. The number of nitrogens with zero attached hydrogens (tertiary/aromatic N) is 2. The molecule has 1 aromatic heterocycles. The van der Waals surface area contributed by atoms with E-state index in [0.717, 1.165) is 0 Å². The number of aromatic nitrogens is 2. The van der Waals surface area contributed by atoms with E-state index in [2.05, 4.69) is 20.8 Å². The lowest BCUT2D eigenvalue weighted by Gasteiger charge is -2.07. The van der Waals surface area contributed by atoms with Crippen molar-refractivity contribution in [1.29, 1.82) is 0 Å². The lowest BCUT2D eigenvalue weighted by molar-refractivity contribution is 0.0526. The molecule has 3 rings (SSSR count). The molecule has 0 unspecified atom stereocenters. The Balaban J connectivity index is 1.62. The number of ether oxygens (including phenoxy) is 1. The fraction of sp³-hybridized carbons (Fsp3) is 0.100. The van der Waals surface area contributed by atoms with Crippen molar-refractivity contribution in [3.63, 3.8) is 0 Å². The first-order valence-electron chi connectivity index (χ1n) is 8.50. The highest BCUT2D eigenvalue weighted by atomic mass is 19.1. The normalized spacial score (nSPS) is 10.2. The second-order valence-electron chi connectivity index (χ2n) is 5.69. The molecule has 0 aliphatic carbocycles. The number of nitrogens with one attached hydrogen (secondary N) is 2. The van der Waals surface area contributed by atoms with Gasteiger partial charge in [-0.1, -0.05) is 6.07 Å². The van der Waals surface area contributed by atoms with Gasteiger partial charge in [-0.3, -0.25) is 4.79 Å². The smallest absolute Gasteiger partial charge is 0.338 e. The van der Waals surface area contributed by atoms with Gasteiger partial charge in [-0.25, -0.2) is 9.18 Å². The maximum atomic E-state index is 13.2. The maximum absolute atomic E-state index is 13.2. The van der Waals surface area contributed by atoms with Crippen molar-refractivity contribution in [3.8, 4) is 0 Å². The van der Waals surface area contributed by atoms with Gasteiger partial charge in [0.2, 0.25) is 0 Å². The molecule has 0 aliphatic rings. The lowest BCUT2D eigenvalue weighted by atomic mass is 10.2. The van der Waals surface area contributed by atoms with Gasteiger partial charge in [0.1, 0.15) is 5.82 Å². The molecule has 0 aliphatic heterocycles. The molecule has 142 valence electrons. The standard InChI is InChI=1S/C20H17FN4O3/c1-2-28-20(27)13-6-8-15(9-7-13)22-18-11-10-17(24-25-18)19(26)23-16-5-3-4-14(21)12-16/h3-12H,2H2,1H3,(H,22,25)(H,23,26). The third-order valence-corrected chi connectivity index (χ3v) is 3.65. The topological polar surface area (TPSA) is 93.2 Å². The average Bonchev–Trinajstić information content (AvgIpc) is 2.69. The van der Waals surface area contributed by atoms with Crippen LogP contribution in [0.4, 0.5) is 21.6 Å². The molecule has 0 radical (unpaired) electrons. The number of hydrogen-bond donors (Lipinski definition) is 2. The van der Waals surface area contributed by atoms with Crippen molar-refractivity contribution in [2.45, 2.75) is 6.92 Å². The number of anilines is 3. The zero-order valence-electron chi connectivity index (χ0n) is 15.0. The van der Waals surface area contributed by atoms with Crippen LogP contribution in [0.3, 0.4) is 0 Å². The first-order valence-corrected chi connectivity index (χ1v) is 8.50. The molecular weight excluding hydrogens is 363 g/mol. The zero-order chi connectivity index (χ0) is 19.9. The van der Waals surface area contributed by atoms with Crippen molar-refractivity contribution < 1.29 is 18.7 Å². The number of hydrogen-bond acceptors (Lipinski definition) is 6. The zero-order valence-corrected chi connectivity index (χ0v) is 15.0. The Bertz CT molecular complexity index is 976. The summed E-state index contributed by atoms with van der Waals surface area (Å²) >= 11 is 0. The van der Waals surface area contributed by atoms with Crippen LogP contribution in [-0.4, -0.2) is 28.7 Å². The molecule has 0 spiro atoms. The minimum absolute atomic E-state index is 0.0903. The van der Waals surface area contributed by atoms with Crippen LogP contribution in [0.25, 0.3) is 0 Å². The second-order valence-corrected chi connectivity index (χ2v) is 5.69. The first kappa shape index (κ1) is 19.0. The summed E-state index contributed by atoms with van der Waals surface area (Å²) in [5.74, 6) is -0.908. The first-order chi connectivity index (χ1) is 13.5. The van der Waals surface area contributed by atoms with E-state index in [1.807, 2.05) is 0 Å². The second kappa shape index (κ2) is 8.72. The van der Waals surface area contributed by atoms with Crippen molar-refractivity contribution in [2.75, 3.05) is 17.2 Å². The van der Waals surface area contributed by atoms with E-state index in [4.69, 9.17) is 4.74 Å². The minimum Gasteiger partial charge on any atom is -0.462 e. The minimum atomic E-state index is -0.497. The van der Waals surface area contributed by atoms with Crippen molar-refractivity contribution in [3.05, 3.63) is 77.7 Å². The van der Waals surface area contributed by atoms with Gasteiger partial charge in [0, 0.05) is 11.4 Å². The predicted molar refractivity (Wildman–Crippen MR) is 102 cm³/mol. The van der Waals surface area contributed by atoms with Crippen molar-refractivity contribution in [2.24, 2.45) is 0 Å². The summed E-state index contributed by atoms with van der Waals surface area (Å²) < 4.78 is 18.1. The molecule has 0 fully saturated rings. The molecular formula is C20H17FN4O3. The summed E-state index contributed by atoms with van der Waals surface area (Å²) in [4.78, 5) is 23.8. The quantitative estimate of drug-likeness (QED) is 0.632. The monoisotopic (exact) mass is 380 g/mol.